The van der Waals surface area contributed by atoms with Crippen LogP contribution in [-0.4, -0.2) is 17.4 Å². The summed E-state index contributed by atoms with van der Waals surface area (Å²) in [7, 11) is 0. The fraction of sp³-hybridized carbons (Fsp3) is 0.250. The number of pyridine rings is 1. The van der Waals surface area contributed by atoms with E-state index in [0.29, 0.717) is 5.56 Å². The summed E-state index contributed by atoms with van der Waals surface area (Å²) in [6, 6.07) is 10.8. The van der Waals surface area contributed by atoms with Gasteiger partial charge in [-0.05, 0) is 37.2 Å². The first-order valence-electron chi connectivity index (χ1n) is 6.93. The number of carbonyl (C=O) groups is 1. The molecule has 0 aliphatic rings. The number of nitrogens with one attached hydrogen (secondary N) is 3. The number of carbonyl (C=O) groups excluding carboxylic acids is 1. The van der Waals surface area contributed by atoms with Crippen LogP contribution in [0.5, 0.6) is 0 Å². The number of amides is 1. The number of aromatic amines is 1. The van der Waals surface area contributed by atoms with Gasteiger partial charge in [0.15, 0.2) is 0 Å². The third-order valence-electron chi connectivity index (χ3n) is 3.23. The molecule has 1 unspecified atom stereocenters. The van der Waals surface area contributed by atoms with Crippen molar-refractivity contribution >= 4 is 11.6 Å². The molecule has 110 valence electrons. The van der Waals surface area contributed by atoms with Crippen LogP contribution in [0.4, 0.5) is 5.69 Å². The molecule has 5 heteroatoms. The Morgan fingerprint density at radius 2 is 1.90 bits per heavy atom. The van der Waals surface area contributed by atoms with Gasteiger partial charge in [0.1, 0.15) is 0 Å². The lowest BCUT2D eigenvalue weighted by molar-refractivity contribution is 0.102. The third-order valence-corrected chi connectivity index (χ3v) is 3.23. The van der Waals surface area contributed by atoms with Gasteiger partial charge >= 0.3 is 0 Å². The molecule has 21 heavy (non-hydrogen) atoms. The molecule has 1 aromatic heterocycles. The molecule has 1 amide bonds. The van der Waals surface area contributed by atoms with Crippen LogP contribution in [0, 0.1) is 0 Å². The predicted molar refractivity (Wildman–Crippen MR) is 83.5 cm³/mol. The summed E-state index contributed by atoms with van der Waals surface area (Å²) in [5.41, 5.74) is 2.07. The zero-order chi connectivity index (χ0) is 15.2. The van der Waals surface area contributed by atoms with Crippen molar-refractivity contribution in [3.63, 3.8) is 0 Å². The van der Waals surface area contributed by atoms with Gasteiger partial charge in [-0.3, -0.25) is 9.59 Å². The second-order valence-corrected chi connectivity index (χ2v) is 4.80. The Kier molecular flexibility index (Phi) is 4.90. The van der Waals surface area contributed by atoms with Crippen molar-refractivity contribution < 1.29 is 4.79 Å². The normalized spacial score (nSPS) is 11.9. The Morgan fingerprint density at radius 3 is 2.48 bits per heavy atom. The Morgan fingerprint density at radius 1 is 1.19 bits per heavy atom. The van der Waals surface area contributed by atoms with Crippen molar-refractivity contribution in [1.29, 1.82) is 0 Å². The molecule has 0 bridgehead atoms. The van der Waals surface area contributed by atoms with E-state index in [1.807, 2.05) is 24.3 Å². The molecule has 0 saturated carbocycles. The summed E-state index contributed by atoms with van der Waals surface area (Å²) < 4.78 is 0. The van der Waals surface area contributed by atoms with E-state index in [1.165, 1.54) is 23.9 Å². The number of hydrogen-bond acceptors (Lipinski definition) is 3. The van der Waals surface area contributed by atoms with E-state index < -0.39 is 0 Å². The maximum atomic E-state index is 12.0. The van der Waals surface area contributed by atoms with Crippen LogP contribution in [0.25, 0.3) is 0 Å². The minimum Gasteiger partial charge on any atom is -0.328 e. The van der Waals surface area contributed by atoms with Gasteiger partial charge in [-0.15, -0.1) is 0 Å². The highest BCUT2D eigenvalue weighted by Crippen LogP contribution is 2.16. The van der Waals surface area contributed by atoms with Crippen LogP contribution in [0.2, 0.25) is 0 Å². The van der Waals surface area contributed by atoms with Gasteiger partial charge < -0.3 is 15.6 Å². The van der Waals surface area contributed by atoms with Gasteiger partial charge in [-0.2, -0.15) is 0 Å². The highest BCUT2D eigenvalue weighted by Gasteiger charge is 2.07. The molecule has 1 aromatic carbocycles. The van der Waals surface area contributed by atoms with Crippen LogP contribution in [0.1, 0.15) is 35.8 Å². The first-order chi connectivity index (χ1) is 10.1. The molecule has 3 N–H and O–H groups in total. The molecule has 2 rings (SSSR count). The molecule has 0 saturated heterocycles. The molecular formula is C16H19N3O2. The Balaban J connectivity index is 2.04. The molecule has 1 atom stereocenters. The minimum atomic E-state index is -0.251. The first kappa shape index (κ1) is 15.0. The SMILES string of the molecule is CCNC(C)c1ccc(NC(=O)c2ccc(=O)[nH]c2)cc1. The van der Waals surface area contributed by atoms with Crippen molar-refractivity contribution in [2.45, 2.75) is 19.9 Å². The van der Waals surface area contributed by atoms with Gasteiger partial charge in [-0.1, -0.05) is 19.1 Å². The number of rotatable bonds is 5. The van der Waals surface area contributed by atoms with Crippen molar-refractivity contribution in [2.24, 2.45) is 0 Å². The average Bonchev–Trinajstić information content (AvgIpc) is 2.49. The van der Waals surface area contributed by atoms with Crippen LogP contribution in [-0.2, 0) is 0 Å². The molecule has 0 fully saturated rings. The van der Waals surface area contributed by atoms with Gasteiger partial charge in [-0.25, -0.2) is 0 Å². The zero-order valence-electron chi connectivity index (χ0n) is 12.1. The molecule has 0 spiro atoms. The summed E-state index contributed by atoms with van der Waals surface area (Å²) >= 11 is 0. The van der Waals surface area contributed by atoms with Crippen LogP contribution in [0.3, 0.4) is 0 Å². The monoisotopic (exact) mass is 285 g/mol. The van der Waals surface area contributed by atoms with Gasteiger partial charge in [0, 0.05) is 24.0 Å². The number of hydrogen-bond donors (Lipinski definition) is 3. The van der Waals surface area contributed by atoms with Gasteiger partial charge in [0.25, 0.3) is 5.91 Å². The summed E-state index contributed by atoms with van der Waals surface area (Å²) in [5.74, 6) is -0.251. The molecular weight excluding hydrogens is 266 g/mol. The van der Waals surface area contributed by atoms with E-state index in [-0.39, 0.29) is 17.5 Å². The molecule has 2 aromatic rings. The third kappa shape index (κ3) is 4.03. The number of anilines is 1. The topological polar surface area (TPSA) is 74.0 Å². The van der Waals surface area contributed by atoms with E-state index in [0.717, 1.165) is 12.2 Å². The lowest BCUT2D eigenvalue weighted by Gasteiger charge is -2.13. The maximum Gasteiger partial charge on any atom is 0.257 e. The maximum absolute atomic E-state index is 12.0. The highest BCUT2D eigenvalue weighted by molar-refractivity contribution is 6.03. The van der Waals surface area contributed by atoms with Crippen molar-refractivity contribution in [2.75, 3.05) is 11.9 Å². The summed E-state index contributed by atoms with van der Waals surface area (Å²) in [4.78, 5) is 25.4. The molecule has 1 heterocycles. The van der Waals surface area contributed by atoms with E-state index in [4.69, 9.17) is 0 Å². The van der Waals surface area contributed by atoms with E-state index >= 15 is 0 Å². The van der Waals surface area contributed by atoms with Gasteiger partial charge in [0.2, 0.25) is 5.56 Å². The number of H-pyrrole nitrogens is 1. The van der Waals surface area contributed by atoms with Crippen molar-refractivity contribution in [3.8, 4) is 0 Å². The Hall–Kier alpha value is -2.40. The number of benzene rings is 1. The number of aromatic nitrogens is 1. The molecule has 0 aliphatic heterocycles. The fourth-order valence-electron chi connectivity index (χ4n) is 2.03. The first-order valence-corrected chi connectivity index (χ1v) is 6.93. The standard InChI is InChI=1S/C16H19N3O2/c1-3-17-11(2)12-4-7-14(8-5-12)19-16(21)13-6-9-15(20)18-10-13/h4-11,17H,3H2,1-2H3,(H,18,20)(H,19,21). The smallest absolute Gasteiger partial charge is 0.257 e. The summed E-state index contributed by atoms with van der Waals surface area (Å²) in [5, 5.41) is 6.13. The van der Waals surface area contributed by atoms with Crippen LogP contribution >= 0.6 is 0 Å². The quantitative estimate of drug-likeness (QED) is 0.789. The fourth-order valence-corrected chi connectivity index (χ4v) is 2.03. The molecule has 5 nitrogen and oxygen atoms in total. The largest absolute Gasteiger partial charge is 0.328 e. The van der Waals surface area contributed by atoms with E-state index in [2.05, 4.69) is 29.5 Å². The second-order valence-electron chi connectivity index (χ2n) is 4.80. The highest BCUT2D eigenvalue weighted by atomic mass is 16.1. The van der Waals surface area contributed by atoms with E-state index in [9.17, 15) is 9.59 Å². The Bertz CT molecular complexity index is 641. The van der Waals surface area contributed by atoms with Crippen molar-refractivity contribution in [3.05, 3.63) is 64.1 Å². The lowest BCUT2D eigenvalue weighted by Crippen LogP contribution is -2.18. The van der Waals surface area contributed by atoms with E-state index in [1.54, 1.807) is 0 Å². The molecule has 0 aliphatic carbocycles. The zero-order valence-corrected chi connectivity index (χ0v) is 12.1. The minimum absolute atomic E-state index is 0.228. The summed E-state index contributed by atoms with van der Waals surface area (Å²) in [6.07, 6.45) is 1.40. The Labute approximate surface area is 123 Å². The van der Waals surface area contributed by atoms with Crippen molar-refractivity contribution in [1.82, 2.24) is 10.3 Å². The van der Waals surface area contributed by atoms with Gasteiger partial charge in [0.05, 0.1) is 5.56 Å². The van der Waals surface area contributed by atoms with Crippen LogP contribution in [0.15, 0.2) is 47.4 Å². The second kappa shape index (κ2) is 6.85. The predicted octanol–water partition coefficient (Wildman–Crippen LogP) is 2.30. The average molecular weight is 285 g/mol. The summed E-state index contributed by atoms with van der Waals surface area (Å²) in [6.45, 7) is 5.07. The molecule has 0 radical (unpaired) electrons. The van der Waals surface area contributed by atoms with Crippen LogP contribution < -0.4 is 16.2 Å². The lowest BCUT2D eigenvalue weighted by atomic mass is 10.1.